The van der Waals surface area contributed by atoms with E-state index < -0.39 is 0 Å². The Morgan fingerprint density at radius 1 is 1.67 bits per heavy atom. The zero-order valence-electron chi connectivity index (χ0n) is 8.02. The molecule has 0 unspecified atom stereocenters. The molecule has 3 heteroatoms. The van der Waals surface area contributed by atoms with Crippen molar-refractivity contribution >= 4 is 12.0 Å². The highest BCUT2D eigenvalue weighted by Crippen LogP contribution is 2.13. The minimum atomic E-state index is -0.00799. The van der Waals surface area contributed by atoms with Crippen molar-refractivity contribution < 1.29 is 4.18 Å². The number of nitrogens with one attached hydrogen (secondary N) is 1. The normalized spacial score (nSPS) is 10.9. The van der Waals surface area contributed by atoms with Gasteiger partial charge in [0.2, 0.25) is 0 Å². The fourth-order valence-corrected chi connectivity index (χ4v) is 1.21. The maximum absolute atomic E-state index is 4.91. The summed E-state index contributed by atoms with van der Waals surface area (Å²) in [6, 6.07) is 0. The fraction of sp³-hybridized carbons (Fsp3) is 0.556. The summed E-state index contributed by atoms with van der Waals surface area (Å²) in [5, 5.41) is 3.23. The SMILES string of the molecule is C=CC(=C)NC(C)(C)CSOC. The predicted octanol–water partition coefficient (Wildman–Crippen LogP) is 2.35. The summed E-state index contributed by atoms with van der Waals surface area (Å²) in [5.41, 5.74) is 0.836. The second kappa shape index (κ2) is 5.27. The summed E-state index contributed by atoms with van der Waals surface area (Å²) in [6.45, 7) is 11.6. The summed E-state index contributed by atoms with van der Waals surface area (Å²) in [6.07, 6.45) is 1.71. The summed E-state index contributed by atoms with van der Waals surface area (Å²) in [4.78, 5) is 0. The Hall–Kier alpha value is -0.410. The molecule has 0 atom stereocenters. The van der Waals surface area contributed by atoms with Crippen LogP contribution in [-0.4, -0.2) is 18.4 Å². The molecule has 0 bridgehead atoms. The van der Waals surface area contributed by atoms with Crippen LogP contribution in [0.1, 0.15) is 13.8 Å². The Bertz CT molecular complexity index is 166. The van der Waals surface area contributed by atoms with Gasteiger partial charge in [-0.3, -0.25) is 0 Å². The lowest BCUT2D eigenvalue weighted by Crippen LogP contribution is -2.40. The molecule has 12 heavy (non-hydrogen) atoms. The van der Waals surface area contributed by atoms with E-state index in [4.69, 9.17) is 4.18 Å². The van der Waals surface area contributed by atoms with Crippen molar-refractivity contribution in [3.8, 4) is 0 Å². The van der Waals surface area contributed by atoms with Crippen molar-refractivity contribution in [1.29, 1.82) is 0 Å². The molecule has 0 saturated heterocycles. The molecule has 0 aliphatic carbocycles. The van der Waals surface area contributed by atoms with Crippen LogP contribution in [0.15, 0.2) is 24.9 Å². The maximum atomic E-state index is 4.91. The second-order valence-electron chi connectivity index (χ2n) is 3.17. The number of allylic oxidation sites excluding steroid dienone is 1. The van der Waals surface area contributed by atoms with Crippen LogP contribution in [0.2, 0.25) is 0 Å². The molecule has 0 aromatic heterocycles. The van der Waals surface area contributed by atoms with E-state index in [2.05, 4.69) is 32.3 Å². The van der Waals surface area contributed by atoms with Crippen LogP contribution in [0.5, 0.6) is 0 Å². The first kappa shape index (κ1) is 11.6. The Balaban J connectivity index is 3.85. The number of hydrogen-bond donors (Lipinski definition) is 1. The van der Waals surface area contributed by atoms with Crippen molar-refractivity contribution in [2.45, 2.75) is 19.4 Å². The molecule has 1 N–H and O–H groups in total. The molecular formula is C9H17NOS. The van der Waals surface area contributed by atoms with Crippen molar-refractivity contribution in [1.82, 2.24) is 5.32 Å². The Morgan fingerprint density at radius 2 is 2.25 bits per heavy atom. The molecule has 0 amide bonds. The first-order valence-corrected chi connectivity index (χ1v) is 4.68. The van der Waals surface area contributed by atoms with Crippen LogP contribution >= 0.6 is 12.0 Å². The Labute approximate surface area is 79.3 Å². The third-order valence-corrected chi connectivity index (χ3v) is 2.36. The molecule has 2 nitrogen and oxygen atoms in total. The summed E-state index contributed by atoms with van der Waals surface area (Å²) < 4.78 is 4.91. The van der Waals surface area contributed by atoms with Gasteiger partial charge in [-0.05, 0) is 32.0 Å². The van der Waals surface area contributed by atoms with Gasteiger partial charge >= 0.3 is 0 Å². The third-order valence-electron chi connectivity index (χ3n) is 1.28. The quantitative estimate of drug-likeness (QED) is 0.509. The first-order chi connectivity index (χ1) is 5.52. The zero-order valence-corrected chi connectivity index (χ0v) is 8.83. The van der Waals surface area contributed by atoms with E-state index in [9.17, 15) is 0 Å². The van der Waals surface area contributed by atoms with Crippen LogP contribution < -0.4 is 5.32 Å². The van der Waals surface area contributed by atoms with Gasteiger partial charge in [0.25, 0.3) is 0 Å². The molecule has 0 fully saturated rings. The van der Waals surface area contributed by atoms with E-state index in [0.717, 1.165) is 11.4 Å². The van der Waals surface area contributed by atoms with E-state index in [0.29, 0.717) is 0 Å². The first-order valence-electron chi connectivity index (χ1n) is 3.77. The van der Waals surface area contributed by atoms with Crippen LogP contribution in [0.3, 0.4) is 0 Å². The lowest BCUT2D eigenvalue weighted by atomic mass is 10.1. The van der Waals surface area contributed by atoms with Gasteiger partial charge in [-0.2, -0.15) is 0 Å². The van der Waals surface area contributed by atoms with E-state index in [1.165, 1.54) is 12.0 Å². The fourth-order valence-electron chi connectivity index (χ4n) is 0.728. The van der Waals surface area contributed by atoms with E-state index >= 15 is 0 Å². The highest BCUT2D eigenvalue weighted by molar-refractivity contribution is 7.94. The van der Waals surface area contributed by atoms with Crippen LogP contribution in [0, 0.1) is 0 Å². The largest absolute Gasteiger partial charge is 0.380 e. The zero-order chi connectivity index (χ0) is 9.61. The van der Waals surface area contributed by atoms with E-state index in [-0.39, 0.29) is 5.54 Å². The molecule has 70 valence electrons. The summed E-state index contributed by atoms with van der Waals surface area (Å²) in [5.74, 6) is 0.871. The van der Waals surface area contributed by atoms with Gasteiger partial charge in [0.1, 0.15) is 0 Å². The lowest BCUT2D eigenvalue weighted by molar-refractivity contribution is 0.454. The topological polar surface area (TPSA) is 21.3 Å². The lowest BCUT2D eigenvalue weighted by Gasteiger charge is -2.26. The predicted molar refractivity (Wildman–Crippen MR) is 56.0 cm³/mol. The van der Waals surface area contributed by atoms with Crippen molar-refractivity contribution in [3.05, 3.63) is 24.9 Å². The average molecular weight is 187 g/mol. The molecule has 0 spiro atoms. The van der Waals surface area contributed by atoms with Crippen molar-refractivity contribution in [2.24, 2.45) is 0 Å². The monoisotopic (exact) mass is 187 g/mol. The molecular weight excluding hydrogens is 170 g/mol. The van der Waals surface area contributed by atoms with E-state index in [1.807, 2.05) is 0 Å². The molecule has 0 aromatic carbocycles. The van der Waals surface area contributed by atoms with Crippen molar-refractivity contribution in [2.75, 3.05) is 12.9 Å². The molecule has 0 aliphatic rings. The molecule has 0 aliphatic heterocycles. The van der Waals surface area contributed by atoms with Crippen LogP contribution in [0.25, 0.3) is 0 Å². The van der Waals surface area contributed by atoms with Crippen molar-refractivity contribution in [3.63, 3.8) is 0 Å². The third kappa shape index (κ3) is 5.27. The smallest absolute Gasteiger partial charge is 0.0503 e. The van der Waals surface area contributed by atoms with Gasteiger partial charge in [-0.15, -0.1) is 0 Å². The maximum Gasteiger partial charge on any atom is 0.0503 e. The van der Waals surface area contributed by atoms with Gasteiger partial charge < -0.3 is 9.50 Å². The number of rotatable bonds is 6. The van der Waals surface area contributed by atoms with Gasteiger partial charge in [0, 0.05) is 17.0 Å². The molecule has 0 saturated carbocycles. The molecule has 0 aromatic rings. The highest BCUT2D eigenvalue weighted by Gasteiger charge is 2.16. The van der Waals surface area contributed by atoms with Gasteiger partial charge in [0.05, 0.1) is 7.11 Å². The van der Waals surface area contributed by atoms with Crippen LogP contribution in [0.4, 0.5) is 0 Å². The standard InChI is InChI=1S/C9H17NOS/c1-6-8(2)10-9(3,4)7-12-11-5/h6,10H,1-2,7H2,3-5H3. The molecule has 0 radical (unpaired) electrons. The minimum absolute atomic E-state index is 0.00799. The molecule has 0 heterocycles. The average Bonchev–Trinajstić information content (AvgIpc) is 2.00. The van der Waals surface area contributed by atoms with Gasteiger partial charge in [-0.1, -0.05) is 13.2 Å². The molecule has 0 rings (SSSR count). The van der Waals surface area contributed by atoms with Gasteiger partial charge in [-0.25, -0.2) is 0 Å². The van der Waals surface area contributed by atoms with E-state index in [1.54, 1.807) is 13.2 Å². The number of hydrogen-bond acceptors (Lipinski definition) is 3. The summed E-state index contributed by atoms with van der Waals surface area (Å²) >= 11 is 1.43. The van der Waals surface area contributed by atoms with Crippen LogP contribution in [-0.2, 0) is 4.18 Å². The summed E-state index contributed by atoms with van der Waals surface area (Å²) in [7, 11) is 1.67. The Morgan fingerprint density at radius 3 is 2.67 bits per heavy atom. The van der Waals surface area contributed by atoms with Gasteiger partial charge in [0.15, 0.2) is 0 Å². The second-order valence-corrected chi connectivity index (χ2v) is 4.02. The Kier molecular flexibility index (Phi) is 5.09. The minimum Gasteiger partial charge on any atom is -0.380 e. The highest BCUT2D eigenvalue weighted by atomic mass is 32.2.